The normalized spacial score (nSPS) is 12.5. The molecule has 9 aromatic carbocycles. The first-order valence-electron chi connectivity index (χ1n) is 27.6. The largest absolute Gasteiger partial charge is 0.477 e. The fourth-order valence-electron chi connectivity index (χ4n) is 11.0. The van der Waals surface area contributed by atoms with Crippen molar-refractivity contribution in [3.8, 4) is 55.8 Å². The van der Waals surface area contributed by atoms with Crippen LogP contribution >= 0.6 is 0 Å². The van der Waals surface area contributed by atoms with Gasteiger partial charge in [0.05, 0.1) is 0 Å². The third-order valence-corrected chi connectivity index (χ3v) is 15.2. The molecule has 0 aliphatic carbocycles. The minimum Gasteiger partial charge on any atom is -0.477 e. The molecule has 403 valence electrons. The van der Waals surface area contributed by atoms with Gasteiger partial charge in [-0.25, -0.2) is 19.9 Å². The molecule has 14 rings (SSSR count). The SMILES string of the molecule is [Ir].[c-]1cc(-c2ccccc2-c2cc(CCc3c[c-]c(N4[CH-]N(c5ccccc5)c5nccnc54)cc3)cc(CCc3c[c-]c(N4[CH-]N(c5ccccc5)c5nccnc54)cc3)c2)ccc1-c1cc(-c2ccc(-c3ccccc3)cc2)ccn1. The first-order valence-corrected chi connectivity index (χ1v) is 27.6. The van der Waals surface area contributed by atoms with Gasteiger partial charge in [0, 0.05) is 62.5 Å². The number of nitrogens with zero attached hydrogens (tertiary/aromatic N) is 9. The van der Waals surface area contributed by atoms with Gasteiger partial charge in [-0.1, -0.05) is 163 Å². The topological polar surface area (TPSA) is 77.4 Å². The second-order valence-corrected chi connectivity index (χ2v) is 20.4. The van der Waals surface area contributed by atoms with E-state index in [0.717, 1.165) is 105 Å². The Balaban J connectivity index is 0.00000645. The Bertz CT molecular complexity index is 4000. The Morgan fingerprint density at radius 1 is 0.313 bits per heavy atom. The van der Waals surface area contributed by atoms with Crippen LogP contribution in [0.3, 0.4) is 0 Å². The summed E-state index contributed by atoms with van der Waals surface area (Å²) in [4.78, 5) is 31.9. The summed E-state index contributed by atoms with van der Waals surface area (Å²) < 4.78 is 0. The van der Waals surface area contributed by atoms with E-state index in [4.69, 9.17) is 24.9 Å². The molecule has 12 aromatic rings. The number of hydrogen-bond donors (Lipinski definition) is 0. The molecule has 5 heterocycles. The number of rotatable bonds is 15. The van der Waals surface area contributed by atoms with E-state index in [-0.39, 0.29) is 20.1 Å². The van der Waals surface area contributed by atoms with E-state index >= 15 is 0 Å². The Kier molecular flexibility index (Phi) is 15.0. The molecule has 0 saturated carbocycles. The molecule has 0 saturated heterocycles. The molecule has 83 heavy (non-hydrogen) atoms. The number of anilines is 8. The van der Waals surface area contributed by atoms with E-state index in [1.54, 1.807) is 24.8 Å². The third kappa shape index (κ3) is 11.1. The molecule has 0 N–H and O–H groups in total. The zero-order valence-electron chi connectivity index (χ0n) is 45.1. The van der Waals surface area contributed by atoms with Gasteiger partial charge in [0.25, 0.3) is 0 Å². The number of aryl methyl sites for hydroxylation is 4. The molecule has 3 aromatic heterocycles. The van der Waals surface area contributed by atoms with Crippen LogP contribution in [-0.2, 0) is 45.8 Å². The number of fused-ring (bicyclic) bond motifs is 2. The number of hydrogen-bond acceptors (Lipinski definition) is 9. The van der Waals surface area contributed by atoms with E-state index in [9.17, 15) is 0 Å². The van der Waals surface area contributed by atoms with Gasteiger partial charge < -0.3 is 24.6 Å². The summed E-state index contributed by atoms with van der Waals surface area (Å²) in [6.07, 6.45) is 12.2. The van der Waals surface area contributed by atoms with Gasteiger partial charge >= 0.3 is 0 Å². The Hall–Kier alpha value is -9.86. The average molecular weight is 1250 g/mol. The van der Waals surface area contributed by atoms with Crippen molar-refractivity contribution in [3.63, 3.8) is 0 Å². The summed E-state index contributed by atoms with van der Waals surface area (Å²) in [5, 5.41) is 0. The molecule has 9 nitrogen and oxygen atoms in total. The fraction of sp³-hybridized carbons (Fsp3) is 0.0548. The van der Waals surface area contributed by atoms with Crippen molar-refractivity contribution in [2.75, 3.05) is 19.6 Å². The van der Waals surface area contributed by atoms with E-state index < -0.39 is 0 Å². The molecule has 2 aliphatic heterocycles. The van der Waals surface area contributed by atoms with Crippen LogP contribution in [-0.4, -0.2) is 24.9 Å². The molecule has 2 aliphatic rings. The van der Waals surface area contributed by atoms with E-state index in [2.05, 4.69) is 220 Å². The fourth-order valence-corrected chi connectivity index (χ4v) is 11.0. The van der Waals surface area contributed by atoms with Crippen LogP contribution in [0.4, 0.5) is 46.0 Å². The molecule has 1 radical (unpaired) electrons. The maximum atomic E-state index is 4.80. The van der Waals surface area contributed by atoms with E-state index in [1.165, 1.54) is 44.5 Å². The van der Waals surface area contributed by atoms with Gasteiger partial charge in [-0.2, -0.15) is 47.5 Å². The summed E-state index contributed by atoms with van der Waals surface area (Å²) >= 11 is 0. The molecule has 0 amide bonds. The molecule has 0 fully saturated rings. The molecular weight excluding hydrogens is 1200 g/mol. The summed E-state index contributed by atoms with van der Waals surface area (Å²) in [6.45, 7) is 4.08. The molecule has 0 unspecified atom stereocenters. The molecule has 0 spiro atoms. The van der Waals surface area contributed by atoms with Gasteiger partial charge in [-0.3, -0.25) is 0 Å². The Labute approximate surface area is 498 Å². The van der Waals surface area contributed by atoms with Crippen LogP contribution in [0.15, 0.2) is 255 Å². The first-order chi connectivity index (χ1) is 40.6. The van der Waals surface area contributed by atoms with Gasteiger partial charge in [0.1, 0.15) is 23.3 Å². The maximum Gasteiger partial charge on any atom is 0.145 e. The van der Waals surface area contributed by atoms with Crippen molar-refractivity contribution >= 4 is 46.0 Å². The summed E-state index contributed by atoms with van der Waals surface area (Å²) in [6, 6.07) is 89.9. The first kappa shape index (κ1) is 52.5. The zero-order chi connectivity index (χ0) is 54.6. The molecule has 0 bridgehead atoms. The standard InChI is InChI=1S/C73H52N9.Ir/c1-4-12-56(13-5-1)57-28-30-58(31-29-57)61-40-41-74-69(49-61)60-34-32-59(33-35-60)67-18-10-11-19-68(67)62-47-54(22-20-52-24-36-65(37-25-52)81-50-79(63-14-6-2-7-15-63)70-72(81)77-44-42-75-70)46-55(48-62)23-21-53-26-38-66(39-27-53)82-51-80(64-16-8-3-9-17-64)71-73(82)78-45-43-76-71;/h1-19,24-34,36,38,40-51H,20-23H2;/q-5;. The number of aromatic nitrogens is 5. The average Bonchev–Trinajstić information content (AvgIpc) is 4.37. The predicted octanol–water partition coefficient (Wildman–Crippen LogP) is 16.8. The minimum atomic E-state index is 0. The number of pyridine rings is 1. The number of para-hydroxylation sites is 2. The Morgan fingerprint density at radius 2 is 0.759 bits per heavy atom. The summed E-state index contributed by atoms with van der Waals surface area (Å²) in [7, 11) is 0. The third-order valence-electron chi connectivity index (χ3n) is 15.2. The van der Waals surface area contributed by atoms with Crippen molar-refractivity contribution in [3.05, 3.63) is 309 Å². The van der Waals surface area contributed by atoms with Gasteiger partial charge in [0.2, 0.25) is 0 Å². The van der Waals surface area contributed by atoms with Gasteiger partial charge in [-0.15, -0.1) is 66.7 Å². The van der Waals surface area contributed by atoms with E-state index in [1.807, 2.05) is 62.0 Å². The van der Waals surface area contributed by atoms with Crippen molar-refractivity contribution in [1.29, 1.82) is 0 Å². The second kappa shape index (κ2) is 23.7. The molecular formula is C73H52IrN9-5. The number of benzene rings is 9. The maximum absolute atomic E-state index is 4.80. The van der Waals surface area contributed by atoms with Gasteiger partial charge in [-0.05, 0) is 93.4 Å². The van der Waals surface area contributed by atoms with E-state index in [0.29, 0.717) is 0 Å². The minimum absolute atomic E-state index is 0. The van der Waals surface area contributed by atoms with Crippen molar-refractivity contribution in [2.24, 2.45) is 0 Å². The molecule has 10 heteroatoms. The van der Waals surface area contributed by atoms with Crippen molar-refractivity contribution in [2.45, 2.75) is 25.7 Å². The zero-order valence-corrected chi connectivity index (χ0v) is 47.5. The van der Waals surface area contributed by atoms with Crippen LogP contribution in [0.25, 0.3) is 55.8 Å². The molecule has 0 atom stereocenters. The van der Waals surface area contributed by atoms with Crippen molar-refractivity contribution in [1.82, 2.24) is 24.9 Å². The predicted molar refractivity (Wildman–Crippen MR) is 330 cm³/mol. The summed E-state index contributed by atoms with van der Waals surface area (Å²) in [5.74, 6) is 3.11. The monoisotopic (exact) mass is 1250 g/mol. The van der Waals surface area contributed by atoms with Crippen molar-refractivity contribution < 1.29 is 20.1 Å². The van der Waals surface area contributed by atoms with Crippen LogP contribution < -0.4 is 19.6 Å². The van der Waals surface area contributed by atoms with Gasteiger partial charge in [0.15, 0.2) is 0 Å². The van der Waals surface area contributed by atoms with Crippen LogP contribution in [0.2, 0.25) is 0 Å². The van der Waals surface area contributed by atoms with Crippen LogP contribution in [0, 0.1) is 31.5 Å². The summed E-state index contributed by atoms with van der Waals surface area (Å²) in [5.41, 5.74) is 19.9. The van der Waals surface area contributed by atoms with Crippen LogP contribution in [0.5, 0.6) is 0 Å². The smallest absolute Gasteiger partial charge is 0.145 e. The second-order valence-electron chi connectivity index (χ2n) is 20.4. The quantitative estimate of drug-likeness (QED) is 0.0933. The Morgan fingerprint density at radius 3 is 1.25 bits per heavy atom. The van der Waals surface area contributed by atoms with Crippen LogP contribution in [0.1, 0.15) is 22.3 Å².